The number of carbonyl (C=O) groups is 3. The van der Waals surface area contributed by atoms with Gasteiger partial charge >= 0.3 is 0 Å². The smallest absolute Gasteiger partial charge is 0.272 e. The molecule has 35 heavy (non-hydrogen) atoms. The monoisotopic (exact) mass is 499 g/mol. The summed E-state index contributed by atoms with van der Waals surface area (Å²) in [5.74, 6) is -6.00. The lowest BCUT2D eigenvalue weighted by Gasteiger charge is -2.34. The highest BCUT2D eigenvalue weighted by Crippen LogP contribution is 2.48. The Morgan fingerprint density at radius 2 is 1.89 bits per heavy atom. The third kappa shape index (κ3) is 5.90. The predicted molar refractivity (Wildman–Crippen MR) is 124 cm³/mol. The number of ether oxygens (including phenoxy) is 1. The molecule has 0 radical (unpaired) electrons. The zero-order chi connectivity index (χ0) is 26.7. The molecule has 0 saturated carbocycles. The molecule has 1 unspecified atom stereocenters. The molecule has 0 spiro atoms. The van der Waals surface area contributed by atoms with Crippen LogP contribution in [0.2, 0.25) is 0 Å². The molecular formula is C24H35F2N3O6. The number of rotatable bonds is 9. The van der Waals surface area contributed by atoms with Crippen molar-refractivity contribution in [2.75, 3.05) is 26.8 Å². The zero-order valence-electron chi connectivity index (χ0n) is 20.9. The van der Waals surface area contributed by atoms with E-state index in [2.05, 4.69) is 10.6 Å². The number of carbonyl (C=O) groups excluding carboxylic acids is 3. The first kappa shape index (κ1) is 28.4. The number of aromatic hydroxyl groups is 1. The Hall–Kier alpha value is -2.79. The molecular weight excluding hydrogens is 464 g/mol. The molecule has 3 amide bonds. The van der Waals surface area contributed by atoms with Crippen molar-refractivity contribution >= 4 is 17.7 Å². The molecule has 0 bridgehead atoms. The topological polar surface area (TPSA) is 128 Å². The second-order valence-corrected chi connectivity index (χ2v) is 9.55. The van der Waals surface area contributed by atoms with Gasteiger partial charge in [-0.1, -0.05) is 20.8 Å². The van der Waals surface area contributed by atoms with E-state index in [0.29, 0.717) is 22.4 Å². The first-order valence-corrected chi connectivity index (χ1v) is 11.4. The Morgan fingerprint density at radius 3 is 2.46 bits per heavy atom. The molecule has 4 N–H and O–H groups in total. The molecule has 0 aromatic heterocycles. The van der Waals surface area contributed by atoms with E-state index in [1.54, 1.807) is 13.8 Å². The van der Waals surface area contributed by atoms with E-state index in [1.165, 1.54) is 40.0 Å². The van der Waals surface area contributed by atoms with Crippen molar-refractivity contribution in [2.45, 2.75) is 65.1 Å². The number of alkyl halides is 2. The molecule has 1 saturated heterocycles. The Kier molecular flexibility index (Phi) is 8.83. The number of aryl methyl sites for hydroxylation is 1. The van der Waals surface area contributed by atoms with Crippen LogP contribution in [0.15, 0.2) is 12.1 Å². The summed E-state index contributed by atoms with van der Waals surface area (Å²) in [5, 5.41) is 25.4. The van der Waals surface area contributed by atoms with Gasteiger partial charge in [-0.15, -0.1) is 0 Å². The van der Waals surface area contributed by atoms with Crippen LogP contribution in [-0.4, -0.2) is 83.8 Å². The van der Waals surface area contributed by atoms with Crippen molar-refractivity contribution in [3.63, 3.8) is 0 Å². The lowest BCUT2D eigenvalue weighted by atomic mass is 9.81. The van der Waals surface area contributed by atoms with Crippen LogP contribution < -0.4 is 10.6 Å². The number of hydrogen-bond donors (Lipinski definition) is 4. The molecule has 11 heteroatoms. The molecule has 196 valence electrons. The molecule has 1 fully saturated rings. The van der Waals surface area contributed by atoms with Crippen LogP contribution in [0.1, 0.15) is 48.7 Å². The van der Waals surface area contributed by atoms with Gasteiger partial charge in [-0.25, -0.2) is 8.78 Å². The summed E-state index contributed by atoms with van der Waals surface area (Å²) in [7, 11) is 1.45. The summed E-state index contributed by atoms with van der Waals surface area (Å²) >= 11 is 0. The quantitative estimate of drug-likeness (QED) is 0.408. The lowest BCUT2D eigenvalue weighted by Crippen LogP contribution is -2.57. The highest BCUT2D eigenvalue weighted by molar-refractivity contribution is 5.97. The van der Waals surface area contributed by atoms with E-state index in [-0.39, 0.29) is 17.9 Å². The van der Waals surface area contributed by atoms with E-state index >= 15 is 0 Å². The average molecular weight is 500 g/mol. The average Bonchev–Trinajstić information content (AvgIpc) is 2.97. The first-order chi connectivity index (χ1) is 16.2. The number of aliphatic hydroxyl groups is 1. The Labute approximate surface area is 203 Å². The second-order valence-electron chi connectivity index (χ2n) is 9.55. The number of phenolic OH excluding ortho intramolecular Hbond substituents is 1. The predicted octanol–water partition coefficient (Wildman–Crippen LogP) is 1.51. The normalized spacial score (nSPS) is 20.3. The molecule has 1 aliphatic rings. The lowest BCUT2D eigenvalue weighted by molar-refractivity contribution is -0.147. The number of hydrogen-bond acceptors (Lipinski definition) is 6. The number of aliphatic hydroxyl groups excluding tert-OH is 1. The molecule has 9 nitrogen and oxygen atoms in total. The number of halogens is 2. The summed E-state index contributed by atoms with van der Waals surface area (Å²) in [4.78, 5) is 39.2. The van der Waals surface area contributed by atoms with E-state index in [1.807, 2.05) is 0 Å². The van der Waals surface area contributed by atoms with Crippen molar-refractivity contribution in [1.82, 2.24) is 15.5 Å². The fourth-order valence-corrected chi connectivity index (χ4v) is 4.15. The highest BCUT2D eigenvalue weighted by Gasteiger charge is 2.64. The zero-order valence-corrected chi connectivity index (χ0v) is 20.9. The minimum atomic E-state index is -3.40. The van der Waals surface area contributed by atoms with Crippen LogP contribution >= 0.6 is 0 Å². The summed E-state index contributed by atoms with van der Waals surface area (Å²) in [6.07, 6.45) is -1.38. The molecule has 1 heterocycles. The number of nitrogens with one attached hydrogen (secondary N) is 2. The van der Waals surface area contributed by atoms with Crippen molar-refractivity contribution in [1.29, 1.82) is 0 Å². The molecule has 2 rings (SSSR count). The van der Waals surface area contributed by atoms with Crippen molar-refractivity contribution in [3.05, 3.63) is 28.8 Å². The van der Waals surface area contributed by atoms with Crippen molar-refractivity contribution in [2.24, 2.45) is 5.41 Å². The Balaban J connectivity index is 2.19. The van der Waals surface area contributed by atoms with Crippen LogP contribution in [-0.2, 0) is 14.3 Å². The van der Waals surface area contributed by atoms with Gasteiger partial charge in [0.2, 0.25) is 5.91 Å². The van der Waals surface area contributed by atoms with Gasteiger partial charge < -0.3 is 30.5 Å². The Morgan fingerprint density at radius 1 is 1.26 bits per heavy atom. The summed E-state index contributed by atoms with van der Waals surface area (Å²) < 4.78 is 34.7. The van der Waals surface area contributed by atoms with Gasteiger partial charge in [-0.05, 0) is 38.0 Å². The van der Waals surface area contributed by atoms with Crippen LogP contribution in [0.5, 0.6) is 5.75 Å². The summed E-state index contributed by atoms with van der Waals surface area (Å²) in [5.41, 5.74) is -0.814. The highest BCUT2D eigenvalue weighted by atomic mass is 19.3. The number of benzene rings is 1. The summed E-state index contributed by atoms with van der Waals surface area (Å²) in [6.45, 7) is 5.97. The van der Waals surface area contributed by atoms with Crippen molar-refractivity contribution in [3.8, 4) is 5.75 Å². The Bertz CT molecular complexity index is 969. The van der Waals surface area contributed by atoms with Gasteiger partial charge in [0.25, 0.3) is 17.7 Å². The number of likely N-dealkylation sites (tertiary alicyclic amines) is 1. The maximum Gasteiger partial charge on any atom is 0.272 e. The second kappa shape index (κ2) is 10.9. The van der Waals surface area contributed by atoms with E-state index in [0.717, 1.165) is 0 Å². The first-order valence-electron chi connectivity index (χ1n) is 11.4. The van der Waals surface area contributed by atoms with Gasteiger partial charge in [-0.2, -0.15) is 0 Å². The van der Waals surface area contributed by atoms with Gasteiger partial charge in [0.15, 0.2) is 0 Å². The van der Waals surface area contributed by atoms with Crippen LogP contribution in [0, 0.1) is 19.3 Å². The van der Waals surface area contributed by atoms with Gasteiger partial charge in [-0.3, -0.25) is 14.4 Å². The third-order valence-corrected chi connectivity index (χ3v) is 6.56. The molecule has 1 aliphatic heterocycles. The van der Waals surface area contributed by atoms with Gasteiger partial charge in [0.05, 0.1) is 31.2 Å². The third-order valence-electron chi connectivity index (χ3n) is 6.56. The minimum Gasteiger partial charge on any atom is -0.508 e. The van der Waals surface area contributed by atoms with Gasteiger partial charge in [0, 0.05) is 18.2 Å². The van der Waals surface area contributed by atoms with Crippen LogP contribution in [0.3, 0.4) is 0 Å². The van der Waals surface area contributed by atoms with E-state index < -0.39 is 60.3 Å². The number of amides is 3. The fourth-order valence-electron chi connectivity index (χ4n) is 4.15. The SMILES string of the molecule is CC[C@@H](COC)NC(=O)[C@H]1N(C(=O)C(O)CNC(=O)c2cc(C)cc(O)c2C)CC(F)(F)C1(C)C. The summed E-state index contributed by atoms with van der Waals surface area (Å²) in [6, 6.07) is 1.04. The minimum absolute atomic E-state index is 0.0824. The van der Waals surface area contributed by atoms with E-state index in [9.17, 15) is 33.4 Å². The molecule has 1 aromatic carbocycles. The van der Waals surface area contributed by atoms with Gasteiger partial charge in [0.1, 0.15) is 17.9 Å². The van der Waals surface area contributed by atoms with Crippen LogP contribution in [0.25, 0.3) is 0 Å². The fraction of sp³-hybridized carbons (Fsp3) is 0.625. The number of methoxy groups -OCH3 is 1. The number of nitrogens with zero attached hydrogens (tertiary/aromatic N) is 1. The standard InChI is InChI=1S/C24H35F2N3O6/c1-7-15(11-35-6)28-21(33)19-23(4,5)24(25,26)12-29(19)22(34)18(31)10-27-20(32)16-8-13(2)9-17(30)14(16)3/h8-9,15,18-19,30-31H,7,10-12H2,1-6H3,(H,27,32)(H,28,33)/t15-,18?,19+/m0/s1. The molecule has 1 aromatic rings. The van der Waals surface area contributed by atoms with E-state index in [4.69, 9.17) is 4.74 Å². The van der Waals surface area contributed by atoms with Crippen molar-refractivity contribution < 1.29 is 38.1 Å². The maximum atomic E-state index is 14.9. The maximum absolute atomic E-state index is 14.9. The molecule has 0 aliphatic carbocycles. The van der Waals surface area contributed by atoms with Crippen LogP contribution in [0.4, 0.5) is 8.78 Å². The largest absolute Gasteiger partial charge is 0.508 e. The number of phenols is 1. The molecule has 3 atom stereocenters.